The molecule has 0 aromatic carbocycles. The highest BCUT2D eigenvalue weighted by Gasteiger charge is 2.42. The topological polar surface area (TPSA) is 58.2 Å². The van der Waals surface area contributed by atoms with Gasteiger partial charge in [-0.3, -0.25) is 9.59 Å². The number of ketones is 2. The number of carbonyl (C=O) groups excluding carboxylic acids is 2. The van der Waals surface area contributed by atoms with Crippen molar-refractivity contribution in [2.45, 2.75) is 125 Å². The second kappa shape index (κ2) is 10.3. The Morgan fingerprint density at radius 3 is 1.40 bits per heavy atom. The highest BCUT2D eigenvalue weighted by molar-refractivity contribution is 8.77. The van der Waals surface area contributed by atoms with Crippen LogP contribution in [-0.2, 0) is 9.59 Å². The van der Waals surface area contributed by atoms with E-state index in [2.05, 4.69) is 66.0 Å². The van der Waals surface area contributed by atoms with E-state index in [1.54, 1.807) is 21.6 Å². The van der Waals surface area contributed by atoms with Crippen LogP contribution in [0.25, 0.3) is 0 Å². The van der Waals surface area contributed by atoms with Gasteiger partial charge in [-0.05, 0) is 55.4 Å². The first kappa shape index (κ1) is 30.0. The lowest BCUT2D eigenvalue weighted by atomic mass is 9.81. The van der Waals surface area contributed by atoms with Gasteiger partial charge in [0, 0.05) is 32.4 Å². The first-order chi connectivity index (χ1) is 13.0. The van der Waals surface area contributed by atoms with Crippen LogP contribution in [0.15, 0.2) is 0 Å². The van der Waals surface area contributed by atoms with Gasteiger partial charge in [0.2, 0.25) is 0 Å². The fraction of sp³-hybridized carbons (Fsp3) is 0.917. The zero-order valence-corrected chi connectivity index (χ0v) is 23.6. The first-order valence-electron chi connectivity index (χ1n) is 10.9. The predicted octanol–water partition coefficient (Wildman–Crippen LogP) is 5.89. The number of rotatable bonds is 9. The summed E-state index contributed by atoms with van der Waals surface area (Å²) in [5, 5.41) is 7.06. The molecule has 2 atom stereocenters. The molecule has 0 aromatic heterocycles. The summed E-state index contributed by atoms with van der Waals surface area (Å²) in [6.45, 7) is 28.6. The maximum atomic E-state index is 13.3. The van der Waals surface area contributed by atoms with Crippen LogP contribution in [0.5, 0.6) is 0 Å². The van der Waals surface area contributed by atoms with E-state index in [4.69, 9.17) is 0 Å². The SMILES string of the molecule is CC(C)(C)NC(CSSC(C)(C)C(NC(C)(C)C)C(=O)C(C)(C)C)C(=O)C(C)(C)C. The van der Waals surface area contributed by atoms with Gasteiger partial charge in [0.15, 0.2) is 11.6 Å². The Kier molecular flexibility index (Phi) is 10.3. The molecule has 30 heavy (non-hydrogen) atoms. The second-order valence-corrected chi connectivity index (χ2v) is 16.0. The molecule has 0 aliphatic rings. The average Bonchev–Trinajstić information content (AvgIpc) is 2.46. The molecule has 0 fully saturated rings. The molecule has 0 aromatic rings. The fourth-order valence-corrected chi connectivity index (χ4v) is 5.77. The Balaban J connectivity index is 5.49. The molecule has 6 heteroatoms. The number of carbonyl (C=O) groups is 2. The van der Waals surface area contributed by atoms with E-state index in [1.807, 2.05) is 41.5 Å². The van der Waals surface area contributed by atoms with E-state index in [0.29, 0.717) is 5.75 Å². The van der Waals surface area contributed by atoms with Gasteiger partial charge in [-0.15, -0.1) is 0 Å². The van der Waals surface area contributed by atoms with Crippen molar-refractivity contribution < 1.29 is 9.59 Å². The smallest absolute Gasteiger partial charge is 0.156 e. The molecular formula is C24H48N2O2S2. The normalized spacial score (nSPS) is 16.3. The van der Waals surface area contributed by atoms with Gasteiger partial charge < -0.3 is 10.6 Å². The Bertz CT molecular complexity index is 588. The van der Waals surface area contributed by atoms with Crippen LogP contribution in [0.3, 0.4) is 0 Å². The molecule has 0 aliphatic carbocycles. The molecule has 0 spiro atoms. The van der Waals surface area contributed by atoms with Crippen molar-refractivity contribution in [3.8, 4) is 0 Å². The molecule has 0 radical (unpaired) electrons. The number of Topliss-reactive ketones (excluding diaryl/α,β-unsaturated/α-hetero) is 2. The maximum absolute atomic E-state index is 13.3. The molecule has 0 bridgehead atoms. The number of nitrogens with one attached hydrogen (secondary N) is 2. The third-order valence-corrected chi connectivity index (χ3v) is 7.75. The van der Waals surface area contributed by atoms with Crippen molar-refractivity contribution in [3.63, 3.8) is 0 Å². The van der Waals surface area contributed by atoms with Crippen molar-refractivity contribution in [2.75, 3.05) is 5.75 Å². The summed E-state index contributed by atoms with van der Waals surface area (Å²) >= 11 is 0. The van der Waals surface area contributed by atoms with E-state index < -0.39 is 10.8 Å². The van der Waals surface area contributed by atoms with Gasteiger partial charge in [-0.25, -0.2) is 0 Å². The highest BCUT2D eigenvalue weighted by atomic mass is 33.1. The van der Waals surface area contributed by atoms with Crippen LogP contribution in [0.2, 0.25) is 0 Å². The molecule has 0 amide bonds. The van der Waals surface area contributed by atoms with Crippen LogP contribution in [-0.4, -0.2) is 45.2 Å². The summed E-state index contributed by atoms with van der Waals surface area (Å²) in [6.07, 6.45) is 0. The molecule has 0 aliphatic heterocycles. The third kappa shape index (κ3) is 11.0. The van der Waals surface area contributed by atoms with E-state index in [0.717, 1.165) is 0 Å². The predicted molar refractivity (Wildman–Crippen MR) is 136 cm³/mol. The molecule has 0 saturated heterocycles. The lowest BCUT2D eigenvalue weighted by molar-refractivity contribution is -0.129. The lowest BCUT2D eigenvalue weighted by Crippen LogP contribution is -2.59. The van der Waals surface area contributed by atoms with Crippen LogP contribution in [0.4, 0.5) is 0 Å². The Morgan fingerprint density at radius 1 is 0.667 bits per heavy atom. The van der Waals surface area contributed by atoms with Gasteiger partial charge in [-0.1, -0.05) is 63.1 Å². The molecule has 0 saturated carbocycles. The quantitative estimate of drug-likeness (QED) is 0.418. The standard InChI is InChI=1S/C24H48N2O2S2/c1-20(2,3)18(27)16(25-22(7,8)9)15-29-30-24(13,14)17(26-23(10,11)12)19(28)21(4,5)6/h16-17,25-26H,15H2,1-14H3. The minimum absolute atomic E-state index is 0.148. The Hall–Kier alpha value is -0.0400. The molecule has 2 unspecified atom stereocenters. The number of hydrogen-bond acceptors (Lipinski definition) is 6. The second-order valence-electron chi connectivity index (χ2n) is 13.0. The van der Waals surface area contributed by atoms with Crippen LogP contribution < -0.4 is 10.6 Å². The van der Waals surface area contributed by atoms with Crippen molar-refractivity contribution in [3.05, 3.63) is 0 Å². The van der Waals surface area contributed by atoms with Crippen LogP contribution >= 0.6 is 21.6 Å². The van der Waals surface area contributed by atoms with E-state index in [9.17, 15) is 9.59 Å². The zero-order chi connectivity index (χ0) is 24.3. The summed E-state index contributed by atoms with van der Waals surface area (Å²) in [4.78, 5) is 26.3. The van der Waals surface area contributed by atoms with Crippen molar-refractivity contribution in [1.29, 1.82) is 0 Å². The summed E-state index contributed by atoms with van der Waals surface area (Å²) in [6, 6.07) is -0.520. The molecule has 0 rings (SSSR count). The highest BCUT2D eigenvalue weighted by Crippen LogP contribution is 2.41. The van der Waals surface area contributed by atoms with Gasteiger partial charge in [0.1, 0.15) is 0 Å². The zero-order valence-electron chi connectivity index (χ0n) is 22.0. The van der Waals surface area contributed by atoms with Crippen LogP contribution in [0, 0.1) is 10.8 Å². The van der Waals surface area contributed by atoms with Gasteiger partial charge >= 0.3 is 0 Å². The molecule has 178 valence electrons. The third-order valence-electron chi connectivity index (χ3n) is 4.45. The summed E-state index contributed by atoms with van der Waals surface area (Å²) in [5.41, 5.74) is -1.15. The minimum atomic E-state index is -0.427. The largest absolute Gasteiger partial charge is 0.302 e. The van der Waals surface area contributed by atoms with E-state index in [-0.39, 0.29) is 39.5 Å². The fourth-order valence-electron chi connectivity index (χ4n) is 2.95. The Labute approximate surface area is 194 Å². The average molecular weight is 461 g/mol. The molecule has 4 nitrogen and oxygen atoms in total. The van der Waals surface area contributed by atoms with E-state index in [1.165, 1.54) is 0 Å². The summed E-state index contributed by atoms with van der Waals surface area (Å²) in [5.74, 6) is 1.09. The lowest BCUT2D eigenvalue weighted by Gasteiger charge is -2.40. The molecule has 2 N–H and O–H groups in total. The monoisotopic (exact) mass is 460 g/mol. The minimum Gasteiger partial charge on any atom is -0.302 e. The Morgan fingerprint density at radius 2 is 1.07 bits per heavy atom. The van der Waals surface area contributed by atoms with Gasteiger partial charge in [0.05, 0.1) is 12.1 Å². The first-order valence-corrected chi connectivity index (χ1v) is 13.2. The van der Waals surface area contributed by atoms with Crippen LogP contribution in [0.1, 0.15) is 96.9 Å². The summed E-state index contributed by atoms with van der Waals surface area (Å²) in [7, 11) is 3.37. The van der Waals surface area contributed by atoms with Gasteiger partial charge in [-0.2, -0.15) is 0 Å². The van der Waals surface area contributed by atoms with Crippen molar-refractivity contribution in [2.24, 2.45) is 10.8 Å². The number of hydrogen-bond donors (Lipinski definition) is 2. The summed E-state index contributed by atoms with van der Waals surface area (Å²) < 4.78 is -0.334. The van der Waals surface area contributed by atoms with E-state index >= 15 is 0 Å². The molecule has 0 heterocycles. The van der Waals surface area contributed by atoms with Crippen molar-refractivity contribution >= 4 is 33.2 Å². The molecular weight excluding hydrogens is 412 g/mol. The van der Waals surface area contributed by atoms with Gasteiger partial charge in [0.25, 0.3) is 0 Å². The maximum Gasteiger partial charge on any atom is 0.156 e. The van der Waals surface area contributed by atoms with Crippen molar-refractivity contribution in [1.82, 2.24) is 10.6 Å².